The summed E-state index contributed by atoms with van der Waals surface area (Å²) in [4.78, 5) is 22.8. The number of aryl methyl sites for hydroxylation is 1. The van der Waals surface area contributed by atoms with Crippen LogP contribution in [0.1, 0.15) is 42.7 Å². The van der Waals surface area contributed by atoms with Crippen molar-refractivity contribution in [2.24, 2.45) is 13.0 Å². The molecule has 106 valence electrons. The summed E-state index contributed by atoms with van der Waals surface area (Å²) in [6.07, 6.45) is 0. The van der Waals surface area contributed by atoms with E-state index in [4.69, 9.17) is 16.7 Å². The Bertz CT molecular complexity index is 497. The van der Waals surface area contributed by atoms with E-state index in [9.17, 15) is 9.59 Å². The first-order chi connectivity index (χ1) is 8.75. The number of hydrogen-bond donors (Lipinski definition) is 2. The monoisotopic (exact) mass is 287 g/mol. The van der Waals surface area contributed by atoms with Gasteiger partial charge in [-0.2, -0.15) is 5.10 Å². The highest BCUT2D eigenvalue weighted by Crippen LogP contribution is 2.25. The summed E-state index contributed by atoms with van der Waals surface area (Å²) < 4.78 is 1.44. The summed E-state index contributed by atoms with van der Waals surface area (Å²) in [6, 6.07) is 0. The normalized spacial score (nSPS) is 12.5. The highest BCUT2D eigenvalue weighted by Gasteiger charge is 2.24. The van der Waals surface area contributed by atoms with Gasteiger partial charge in [-0.05, 0) is 5.92 Å². The molecule has 1 amide bonds. The van der Waals surface area contributed by atoms with Crippen LogP contribution in [-0.2, 0) is 11.8 Å². The van der Waals surface area contributed by atoms with Gasteiger partial charge in [0.05, 0.1) is 17.2 Å². The fraction of sp³-hybridized carbons (Fsp3) is 0.583. The molecule has 7 heteroatoms. The van der Waals surface area contributed by atoms with Crippen LogP contribution in [0.25, 0.3) is 0 Å². The van der Waals surface area contributed by atoms with E-state index in [0.717, 1.165) is 0 Å². The van der Waals surface area contributed by atoms with E-state index >= 15 is 0 Å². The quantitative estimate of drug-likeness (QED) is 0.862. The molecule has 0 saturated carbocycles. The van der Waals surface area contributed by atoms with Crippen LogP contribution in [0.3, 0.4) is 0 Å². The summed E-state index contributed by atoms with van der Waals surface area (Å²) in [5.74, 6) is -1.95. The second-order valence-corrected chi connectivity index (χ2v) is 5.14. The third kappa shape index (κ3) is 3.47. The molecule has 0 unspecified atom stereocenters. The van der Waals surface area contributed by atoms with Gasteiger partial charge in [-0.15, -0.1) is 0 Å². The topological polar surface area (TPSA) is 84.2 Å². The first kappa shape index (κ1) is 15.5. The summed E-state index contributed by atoms with van der Waals surface area (Å²) >= 11 is 6.05. The van der Waals surface area contributed by atoms with Crippen LogP contribution >= 0.6 is 11.6 Å². The van der Waals surface area contributed by atoms with E-state index in [1.54, 1.807) is 7.05 Å². The van der Waals surface area contributed by atoms with E-state index < -0.39 is 17.8 Å². The van der Waals surface area contributed by atoms with Crippen molar-refractivity contribution in [3.63, 3.8) is 0 Å². The molecule has 1 heterocycles. The van der Waals surface area contributed by atoms with Crippen LogP contribution < -0.4 is 5.32 Å². The third-order valence-corrected chi connectivity index (χ3v) is 3.20. The maximum atomic E-state index is 12.1. The zero-order valence-electron chi connectivity index (χ0n) is 11.4. The van der Waals surface area contributed by atoms with E-state index in [-0.39, 0.29) is 17.6 Å². The van der Waals surface area contributed by atoms with Crippen LogP contribution in [0.2, 0.25) is 5.15 Å². The fourth-order valence-corrected chi connectivity index (χ4v) is 1.78. The van der Waals surface area contributed by atoms with Gasteiger partial charge in [0.15, 0.2) is 0 Å². The Morgan fingerprint density at radius 2 is 2.00 bits per heavy atom. The molecule has 0 aliphatic rings. The minimum atomic E-state index is -0.957. The van der Waals surface area contributed by atoms with Crippen LogP contribution in [0, 0.1) is 5.92 Å². The molecule has 1 rings (SSSR count). The fourth-order valence-electron chi connectivity index (χ4n) is 1.56. The molecule has 6 nitrogen and oxygen atoms in total. The number of carboxylic acids is 1. The Kier molecular flexibility index (Phi) is 4.94. The largest absolute Gasteiger partial charge is 0.481 e. The van der Waals surface area contributed by atoms with Crippen molar-refractivity contribution in [1.82, 2.24) is 15.1 Å². The SMILES string of the molecule is CC(C)c1nn(C)c(Cl)c1C(=O)NC[C@@H](C)C(=O)O. The second kappa shape index (κ2) is 6.06. The van der Waals surface area contributed by atoms with Crippen LogP contribution in [0.5, 0.6) is 0 Å². The zero-order chi connectivity index (χ0) is 14.7. The highest BCUT2D eigenvalue weighted by molar-refractivity contribution is 6.33. The summed E-state index contributed by atoms with van der Waals surface area (Å²) in [5.41, 5.74) is 0.921. The lowest BCUT2D eigenvalue weighted by Crippen LogP contribution is -2.32. The Morgan fingerprint density at radius 3 is 2.47 bits per heavy atom. The summed E-state index contributed by atoms with van der Waals surface area (Å²) in [7, 11) is 1.66. The predicted octanol–water partition coefficient (Wildman–Crippen LogP) is 1.65. The van der Waals surface area contributed by atoms with Gasteiger partial charge in [-0.1, -0.05) is 32.4 Å². The molecule has 0 fully saturated rings. The van der Waals surface area contributed by atoms with Gasteiger partial charge in [0, 0.05) is 13.6 Å². The number of aliphatic carboxylic acids is 1. The molecule has 0 aliphatic heterocycles. The van der Waals surface area contributed by atoms with Gasteiger partial charge in [-0.3, -0.25) is 14.3 Å². The molecule has 1 atom stereocenters. The minimum Gasteiger partial charge on any atom is -0.481 e. The molecule has 0 spiro atoms. The lowest BCUT2D eigenvalue weighted by Gasteiger charge is -2.09. The first-order valence-electron chi connectivity index (χ1n) is 5.99. The number of carbonyl (C=O) groups excluding carboxylic acids is 1. The van der Waals surface area contributed by atoms with Gasteiger partial charge >= 0.3 is 5.97 Å². The van der Waals surface area contributed by atoms with Crippen LogP contribution in [0.15, 0.2) is 0 Å². The molecule has 0 radical (unpaired) electrons. The molecule has 1 aromatic heterocycles. The molecular formula is C12H18ClN3O3. The van der Waals surface area contributed by atoms with Gasteiger partial charge in [0.2, 0.25) is 0 Å². The highest BCUT2D eigenvalue weighted by atomic mass is 35.5. The Morgan fingerprint density at radius 1 is 1.42 bits per heavy atom. The van der Waals surface area contributed by atoms with Crippen molar-refractivity contribution in [2.45, 2.75) is 26.7 Å². The number of nitrogens with zero attached hydrogens (tertiary/aromatic N) is 2. The Balaban J connectivity index is 2.91. The maximum absolute atomic E-state index is 12.1. The molecule has 19 heavy (non-hydrogen) atoms. The number of carboxylic acid groups (broad SMARTS) is 1. The summed E-state index contributed by atoms with van der Waals surface area (Å²) in [6.45, 7) is 5.40. The number of rotatable bonds is 5. The minimum absolute atomic E-state index is 0.0522. The number of carbonyl (C=O) groups is 2. The maximum Gasteiger partial charge on any atom is 0.308 e. The van der Waals surface area contributed by atoms with E-state index in [0.29, 0.717) is 11.3 Å². The van der Waals surface area contributed by atoms with Crippen molar-refractivity contribution < 1.29 is 14.7 Å². The number of amides is 1. The zero-order valence-corrected chi connectivity index (χ0v) is 12.2. The molecule has 0 aromatic carbocycles. The average Bonchev–Trinajstić information content (AvgIpc) is 2.62. The van der Waals surface area contributed by atoms with Gasteiger partial charge in [0.1, 0.15) is 5.15 Å². The first-order valence-corrected chi connectivity index (χ1v) is 6.36. The van der Waals surface area contributed by atoms with Crippen LogP contribution in [0.4, 0.5) is 0 Å². The number of nitrogens with one attached hydrogen (secondary N) is 1. The van der Waals surface area contributed by atoms with Crippen molar-refractivity contribution >= 4 is 23.5 Å². The second-order valence-electron chi connectivity index (χ2n) is 4.78. The molecule has 0 aliphatic carbocycles. The van der Waals surface area contributed by atoms with Crippen molar-refractivity contribution in [3.8, 4) is 0 Å². The summed E-state index contributed by atoms with van der Waals surface area (Å²) in [5, 5.41) is 15.8. The molecule has 2 N–H and O–H groups in total. The van der Waals surface area contributed by atoms with E-state index in [2.05, 4.69) is 10.4 Å². The van der Waals surface area contributed by atoms with Crippen molar-refractivity contribution in [1.29, 1.82) is 0 Å². The lowest BCUT2D eigenvalue weighted by molar-refractivity contribution is -0.140. The average molecular weight is 288 g/mol. The van der Waals surface area contributed by atoms with Gasteiger partial charge in [0.25, 0.3) is 5.91 Å². The Labute approximate surface area is 116 Å². The van der Waals surface area contributed by atoms with Gasteiger partial charge < -0.3 is 10.4 Å². The van der Waals surface area contributed by atoms with Gasteiger partial charge in [-0.25, -0.2) is 0 Å². The van der Waals surface area contributed by atoms with Crippen molar-refractivity contribution in [2.75, 3.05) is 6.54 Å². The number of hydrogen-bond acceptors (Lipinski definition) is 3. The Hall–Kier alpha value is -1.56. The lowest BCUT2D eigenvalue weighted by atomic mass is 10.1. The van der Waals surface area contributed by atoms with E-state index in [1.165, 1.54) is 11.6 Å². The third-order valence-electron chi connectivity index (χ3n) is 2.77. The van der Waals surface area contributed by atoms with E-state index in [1.807, 2.05) is 13.8 Å². The number of aromatic nitrogens is 2. The van der Waals surface area contributed by atoms with Crippen molar-refractivity contribution in [3.05, 3.63) is 16.4 Å². The number of halogens is 1. The molecular weight excluding hydrogens is 270 g/mol. The standard InChI is InChI=1S/C12H18ClN3O3/c1-6(2)9-8(10(13)16(4)15-9)11(17)14-5-7(3)12(18)19/h6-7H,5H2,1-4H3,(H,14,17)(H,18,19)/t7-/m1/s1. The smallest absolute Gasteiger partial charge is 0.308 e. The molecule has 0 saturated heterocycles. The van der Waals surface area contributed by atoms with Crippen LogP contribution in [-0.4, -0.2) is 33.3 Å². The molecule has 1 aromatic rings. The predicted molar refractivity (Wildman–Crippen MR) is 71.4 cm³/mol. The molecule has 0 bridgehead atoms.